The number of amides is 1. The third-order valence-corrected chi connectivity index (χ3v) is 5.40. The third kappa shape index (κ3) is 3.98. The Kier molecular flexibility index (Phi) is 4.90. The van der Waals surface area contributed by atoms with Crippen LogP contribution >= 0.6 is 23.1 Å². The number of hydrogen-bond acceptors (Lipinski definition) is 5. The van der Waals surface area contributed by atoms with Crippen molar-refractivity contribution >= 4 is 39.8 Å². The van der Waals surface area contributed by atoms with E-state index in [9.17, 15) is 4.79 Å². The van der Waals surface area contributed by atoms with Gasteiger partial charge >= 0.3 is 0 Å². The van der Waals surface area contributed by atoms with E-state index in [0.717, 1.165) is 26.7 Å². The highest BCUT2D eigenvalue weighted by Gasteiger charge is 2.11. The van der Waals surface area contributed by atoms with Crippen molar-refractivity contribution in [2.75, 3.05) is 16.8 Å². The fourth-order valence-electron chi connectivity index (χ4n) is 2.22. The van der Waals surface area contributed by atoms with Crippen LogP contribution in [-0.2, 0) is 4.79 Å². The van der Waals surface area contributed by atoms with Gasteiger partial charge in [0, 0.05) is 5.69 Å². The standard InChI is InChI=1S/C15H19N3OS2/c1-8-5-9(2)13(10(3)6-8)18-12(19)7-20-14-11(4)17-15(16)21-14/h5-6H,7H2,1-4H3,(H2,16,17)(H,18,19). The van der Waals surface area contributed by atoms with E-state index < -0.39 is 0 Å². The van der Waals surface area contributed by atoms with Crippen LogP contribution in [0.3, 0.4) is 0 Å². The summed E-state index contributed by atoms with van der Waals surface area (Å²) in [6.45, 7) is 7.98. The Hall–Kier alpha value is -1.53. The minimum atomic E-state index is -0.0126. The van der Waals surface area contributed by atoms with Gasteiger partial charge in [0.1, 0.15) is 0 Å². The molecule has 1 amide bonds. The van der Waals surface area contributed by atoms with Gasteiger partial charge in [0.2, 0.25) is 5.91 Å². The largest absolute Gasteiger partial charge is 0.375 e. The second kappa shape index (κ2) is 6.49. The minimum Gasteiger partial charge on any atom is -0.375 e. The molecule has 112 valence electrons. The van der Waals surface area contributed by atoms with Crippen molar-refractivity contribution in [1.82, 2.24) is 4.98 Å². The fraction of sp³-hybridized carbons (Fsp3) is 0.333. The van der Waals surface area contributed by atoms with Crippen molar-refractivity contribution in [3.8, 4) is 0 Å². The average Bonchev–Trinajstić information content (AvgIpc) is 2.69. The van der Waals surface area contributed by atoms with Gasteiger partial charge in [0.05, 0.1) is 15.7 Å². The van der Waals surface area contributed by atoms with Crippen LogP contribution in [0.4, 0.5) is 10.8 Å². The molecule has 0 saturated heterocycles. The van der Waals surface area contributed by atoms with E-state index in [4.69, 9.17) is 5.73 Å². The zero-order valence-corrected chi connectivity index (χ0v) is 14.2. The van der Waals surface area contributed by atoms with E-state index in [1.54, 1.807) is 0 Å². The Morgan fingerprint density at radius 2 is 1.90 bits per heavy atom. The molecular weight excluding hydrogens is 302 g/mol. The summed E-state index contributed by atoms with van der Waals surface area (Å²) < 4.78 is 1.00. The Balaban J connectivity index is 2.01. The molecular formula is C15H19N3OS2. The van der Waals surface area contributed by atoms with Gasteiger partial charge in [-0.25, -0.2) is 4.98 Å². The van der Waals surface area contributed by atoms with E-state index in [0.29, 0.717) is 10.9 Å². The van der Waals surface area contributed by atoms with Gasteiger partial charge < -0.3 is 11.1 Å². The molecule has 0 bridgehead atoms. The number of anilines is 2. The summed E-state index contributed by atoms with van der Waals surface area (Å²) in [6.07, 6.45) is 0. The van der Waals surface area contributed by atoms with Gasteiger partial charge in [-0.2, -0.15) is 0 Å². The van der Waals surface area contributed by atoms with Crippen molar-refractivity contribution in [2.45, 2.75) is 31.9 Å². The molecule has 4 nitrogen and oxygen atoms in total. The maximum absolute atomic E-state index is 12.1. The molecule has 0 radical (unpaired) electrons. The summed E-state index contributed by atoms with van der Waals surface area (Å²) in [4.78, 5) is 16.3. The predicted molar refractivity (Wildman–Crippen MR) is 91.3 cm³/mol. The van der Waals surface area contributed by atoms with E-state index in [1.807, 2.05) is 20.8 Å². The summed E-state index contributed by atoms with van der Waals surface area (Å²) in [5.41, 5.74) is 10.8. The molecule has 0 saturated carbocycles. The maximum Gasteiger partial charge on any atom is 0.234 e. The molecule has 1 aromatic heterocycles. The molecule has 0 aliphatic carbocycles. The molecule has 2 aromatic rings. The summed E-state index contributed by atoms with van der Waals surface area (Å²) in [5, 5.41) is 3.54. The maximum atomic E-state index is 12.1. The van der Waals surface area contributed by atoms with Crippen molar-refractivity contribution < 1.29 is 4.79 Å². The first-order valence-electron chi connectivity index (χ1n) is 6.60. The van der Waals surface area contributed by atoms with Crippen LogP contribution in [0, 0.1) is 27.7 Å². The van der Waals surface area contributed by atoms with Gasteiger partial charge in [-0.05, 0) is 38.8 Å². The zero-order valence-electron chi connectivity index (χ0n) is 12.6. The lowest BCUT2D eigenvalue weighted by molar-refractivity contribution is -0.113. The number of nitrogens with one attached hydrogen (secondary N) is 1. The minimum absolute atomic E-state index is 0.0126. The number of hydrogen-bond donors (Lipinski definition) is 2. The number of nitrogens with zero attached hydrogens (tertiary/aromatic N) is 1. The first-order valence-corrected chi connectivity index (χ1v) is 8.40. The first kappa shape index (κ1) is 15.9. The lowest BCUT2D eigenvalue weighted by Crippen LogP contribution is -2.15. The van der Waals surface area contributed by atoms with E-state index >= 15 is 0 Å². The SMILES string of the molecule is Cc1cc(C)c(NC(=O)CSc2sc(N)nc2C)c(C)c1. The van der Waals surface area contributed by atoms with E-state index in [-0.39, 0.29) is 5.91 Å². The molecule has 21 heavy (non-hydrogen) atoms. The first-order chi connectivity index (χ1) is 9.86. The molecule has 1 aromatic carbocycles. The molecule has 0 atom stereocenters. The highest BCUT2D eigenvalue weighted by atomic mass is 32.2. The average molecular weight is 321 g/mol. The molecule has 0 aliphatic heterocycles. The number of nitrogens with two attached hydrogens (primary N) is 1. The van der Waals surface area contributed by atoms with Gasteiger partial charge in [-0.3, -0.25) is 4.79 Å². The molecule has 0 unspecified atom stereocenters. The van der Waals surface area contributed by atoms with Gasteiger partial charge in [-0.1, -0.05) is 29.0 Å². The highest BCUT2D eigenvalue weighted by Crippen LogP contribution is 2.30. The molecule has 0 aliphatic rings. The number of nitrogen functional groups attached to an aromatic ring is 1. The van der Waals surface area contributed by atoms with Crippen LogP contribution in [0.1, 0.15) is 22.4 Å². The number of aromatic nitrogens is 1. The Morgan fingerprint density at radius 1 is 1.29 bits per heavy atom. The molecule has 0 fully saturated rings. The number of carbonyl (C=O) groups is 1. The van der Waals surface area contributed by atoms with Crippen molar-refractivity contribution in [1.29, 1.82) is 0 Å². The molecule has 1 heterocycles. The lowest BCUT2D eigenvalue weighted by atomic mass is 10.1. The molecule has 0 spiro atoms. The topological polar surface area (TPSA) is 68.0 Å². The van der Waals surface area contributed by atoms with Crippen LogP contribution in [0.2, 0.25) is 0 Å². The van der Waals surface area contributed by atoms with E-state index in [1.165, 1.54) is 28.7 Å². The van der Waals surface area contributed by atoms with Crippen LogP contribution in [0.5, 0.6) is 0 Å². The van der Waals surface area contributed by atoms with Gasteiger partial charge in [-0.15, -0.1) is 11.8 Å². The Bertz CT molecular complexity index is 657. The highest BCUT2D eigenvalue weighted by molar-refractivity contribution is 8.01. The Morgan fingerprint density at radius 3 is 2.43 bits per heavy atom. The van der Waals surface area contributed by atoms with Crippen LogP contribution < -0.4 is 11.1 Å². The summed E-state index contributed by atoms with van der Waals surface area (Å²) in [5.74, 6) is 0.344. The van der Waals surface area contributed by atoms with Gasteiger partial charge in [0.25, 0.3) is 0 Å². The summed E-state index contributed by atoms with van der Waals surface area (Å²) in [7, 11) is 0. The third-order valence-electron chi connectivity index (χ3n) is 3.05. The number of aryl methyl sites for hydroxylation is 4. The summed E-state index contributed by atoms with van der Waals surface area (Å²) >= 11 is 2.89. The normalized spacial score (nSPS) is 10.7. The number of thiazole rings is 1. The van der Waals surface area contributed by atoms with Crippen LogP contribution in [0.15, 0.2) is 16.3 Å². The quantitative estimate of drug-likeness (QED) is 0.843. The van der Waals surface area contributed by atoms with Crippen molar-refractivity contribution in [3.63, 3.8) is 0 Å². The molecule has 3 N–H and O–H groups in total. The number of benzene rings is 1. The molecule has 2 rings (SSSR count). The lowest BCUT2D eigenvalue weighted by Gasteiger charge is -2.12. The van der Waals surface area contributed by atoms with Crippen LogP contribution in [0.25, 0.3) is 0 Å². The van der Waals surface area contributed by atoms with Crippen molar-refractivity contribution in [2.24, 2.45) is 0 Å². The summed E-state index contributed by atoms with van der Waals surface area (Å²) in [6, 6.07) is 4.15. The smallest absolute Gasteiger partial charge is 0.234 e. The van der Waals surface area contributed by atoms with Crippen molar-refractivity contribution in [3.05, 3.63) is 34.5 Å². The Labute approximate surface area is 133 Å². The monoisotopic (exact) mass is 321 g/mol. The number of thioether (sulfide) groups is 1. The zero-order chi connectivity index (χ0) is 15.6. The van der Waals surface area contributed by atoms with Gasteiger partial charge in [0.15, 0.2) is 5.13 Å². The van der Waals surface area contributed by atoms with Crippen LogP contribution in [-0.4, -0.2) is 16.6 Å². The molecule has 6 heteroatoms. The number of carbonyl (C=O) groups excluding carboxylic acids is 1. The number of rotatable bonds is 4. The predicted octanol–water partition coefficient (Wildman–Crippen LogP) is 3.69. The fourth-order valence-corrected chi connectivity index (χ4v) is 4.04. The second-order valence-corrected chi connectivity index (χ2v) is 7.31. The second-order valence-electron chi connectivity index (χ2n) is 5.04. The van der Waals surface area contributed by atoms with E-state index in [2.05, 4.69) is 29.4 Å².